The Morgan fingerprint density at radius 3 is 2.52 bits per heavy atom. The lowest BCUT2D eigenvalue weighted by atomic mass is 9.58. The van der Waals surface area contributed by atoms with E-state index in [0.717, 1.165) is 41.9 Å². The van der Waals surface area contributed by atoms with Crippen LogP contribution in [0, 0.1) is 46.8 Å². The van der Waals surface area contributed by atoms with Gasteiger partial charge in [0.25, 0.3) is 0 Å². The van der Waals surface area contributed by atoms with Crippen LogP contribution in [0.25, 0.3) is 0 Å². The van der Waals surface area contributed by atoms with Gasteiger partial charge in [-0.1, -0.05) is 27.4 Å². The number of carbonyl (C=O) groups excluding carboxylic acids is 1. The first-order valence-corrected chi connectivity index (χ1v) is 8.69. The molecule has 0 aromatic heterocycles. The molecule has 4 fully saturated rings. The third-order valence-corrected chi connectivity index (χ3v) is 7.93. The summed E-state index contributed by atoms with van der Waals surface area (Å²) in [5.41, 5.74) is 1.01. The van der Waals surface area contributed by atoms with Crippen LogP contribution >= 0.6 is 0 Å². The van der Waals surface area contributed by atoms with Crippen LogP contribution in [-0.2, 0) is 9.53 Å². The van der Waals surface area contributed by atoms with Gasteiger partial charge in [-0.25, -0.2) is 4.79 Å². The SMILES string of the molecule is C=C(C)C(=O)OC1CC2CC1C1C2C2CC1C(C)(C)C2C. The van der Waals surface area contributed by atoms with E-state index >= 15 is 0 Å². The van der Waals surface area contributed by atoms with Crippen LogP contribution in [-0.4, -0.2) is 12.1 Å². The molecule has 8 unspecified atom stereocenters. The van der Waals surface area contributed by atoms with Crippen molar-refractivity contribution in [3.05, 3.63) is 12.2 Å². The molecular formula is C19H28O2. The van der Waals surface area contributed by atoms with Gasteiger partial charge in [0.05, 0.1) is 0 Å². The van der Waals surface area contributed by atoms with Crippen LogP contribution in [0.5, 0.6) is 0 Å². The molecule has 116 valence electrons. The van der Waals surface area contributed by atoms with Gasteiger partial charge in [-0.2, -0.15) is 0 Å². The van der Waals surface area contributed by atoms with Gasteiger partial charge in [0, 0.05) is 5.57 Å². The molecule has 4 aliphatic carbocycles. The van der Waals surface area contributed by atoms with Gasteiger partial charge >= 0.3 is 5.97 Å². The first-order valence-electron chi connectivity index (χ1n) is 8.69. The Morgan fingerprint density at radius 1 is 1.14 bits per heavy atom. The Labute approximate surface area is 128 Å². The largest absolute Gasteiger partial charge is 0.459 e. The second-order valence-electron chi connectivity index (χ2n) is 8.89. The summed E-state index contributed by atoms with van der Waals surface area (Å²) in [7, 11) is 0. The molecule has 2 nitrogen and oxygen atoms in total. The van der Waals surface area contributed by atoms with E-state index in [-0.39, 0.29) is 12.1 Å². The third-order valence-electron chi connectivity index (χ3n) is 7.93. The van der Waals surface area contributed by atoms with Gasteiger partial charge < -0.3 is 4.74 Å². The topological polar surface area (TPSA) is 26.3 Å². The summed E-state index contributed by atoms with van der Waals surface area (Å²) in [4.78, 5) is 11.9. The summed E-state index contributed by atoms with van der Waals surface area (Å²) in [6, 6.07) is 0. The third kappa shape index (κ3) is 1.62. The van der Waals surface area contributed by atoms with Gasteiger partial charge in [0.1, 0.15) is 6.10 Å². The average molecular weight is 288 g/mol. The van der Waals surface area contributed by atoms with E-state index in [0.29, 0.717) is 16.9 Å². The molecule has 0 spiro atoms. The van der Waals surface area contributed by atoms with Crippen molar-refractivity contribution >= 4 is 5.97 Å². The normalized spacial score (nSPS) is 52.0. The van der Waals surface area contributed by atoms with Crippen molar-refractivity contribution in [2.24, 2.45) is 46.8 Å². The zero-order valence-electron chi connectivity index (χ0n) is 13.8. The predicted molar refractivity (Wildman–Crippen MR) is 82.4 cm³/mol. The summed E-state index contributed by atoms with van der Waals surface area (Å²) in [6.07, 6.45) is 4.02. The fourth-order valence-electron chi connectivity index (χ4n) is 6.80. The molecule has 0 N–H and O–H groups in total. The lowest BCUT2D eigenvalue weighted by Gasteiger charge is -2.48. The molecule has 0 aromatic carbocycles. The molecule has 2 heteroatoms. The molecule has 4 saturated carbocycles. The van der Waals surface area contributed by atoms with E-state index in [4.69, 9.17) is 4.74 Å². The first-order chi connectivity index (χ1) is 9.82. The smallest absolute Gasteiger partial charge is 0.333 e. The highest BCUT2D eigenvalue weighted by molar-refractivity contribution is 5.87. The Hall–Kier alpha value is -0.790. The molecule has 0 heterocycles. The van der Waals surface area contributed by atoms with Gasteiger partial charge in [0.15, 0.2) is 0 Å². The van der Waals surface area contributed by atoms with Crippen LogP contribution in [0.15, 0.2) is 12.2 Å². The molecule has 4 aliphatic rings. The quantitative estimate of drug-likeness (QED) is 0.435. The molecule has 21 heavy (non-hydrogen) atoms. The van der Waals surface area contributed by atoms with E-state index < -0.39 is 0 Å². The minimum absolute atomic E-state index is 0.172. The number of esters is 1. The van der Waals surface area contributed by atoms with Crippen molar-refractivity contribution < 1.29 is 9.53 Å². The van der Waals surface area contributed by atoms with Crippen molar-refractivity contribution in [2.75, 3.05) is 0 Å². The molecule has 4 bridgehead atoms. The molecule has 0 amide bonds. The molecule has 8 atom stereocenters. The van der Waals surface area contributed by atoms with E-state index in [1.54, 1.807) is 6.92 Å². The summed E-state index contributed by atoms with van der Waals surface area (Å²) >= 11 is 0. The van der Waals surface area contributed by atoms with Gasteiger partial charge in [-0.15, -0.1) is 0 Å². The van der Waals surface area contributed by atoms with E-state index in [9.17, 15) is 4.79 Å². The highest BCUT2D eigenvalue weighted by Crippen LogP contribution is 2.73. The van der Waals surface area contributed by atoms with Crippen molar-refractivity contribution in [1.29, 1.82) is 0 Å². The average Bonchev–Trinajstić information content (AvgIpc) is 3.09. The van der Waals surface area contributed by atoms with Crippen LogP contribution in [0.4, 0.5) is 0 Å². The maximum Gasteiger partial charge on any atom is 0.333 e. The molecule has 0 radical (unpaired) electrons. The Morgan fingerprint density at radius 2 is 1.86 bits per heavy atom. The summed E-state index contributed by atoms with van der Waals surface area (Å²) in [6.45, 7) is 12.9. The van der Waals surface area contributed by atoms with Crippen molar-refractivity contribution in [3.8, 4) is 0 Å². The second-order valence-corrected chi connectivity index (χ2v) is 8.89. The summed E-state index contributed by atoms with van der Waals surface area (Å²) < 4.78 is 5.78. The van der Waals surface area contributed by atoms with E-state index in [1.807, 2.05) is 0 Å². The van der Waals surface area contributed by atoms with Crippen LogP contribution in [0.3, 0.4) is 0 Å². The predicted octanol–water partition coefficient (Wildman–Crippen LogP) is 4.06. The van der Waals surface area contributed by atoms with E-state index in [1.165, 1.54) is 12.8 Å². The standard InChI is InChI=1S/C19H28O2/c1-9(2)18(20)21-15-7-11-6-13(15)17-14-8-12(16(11)17)10(3)19(14,4)5/h10-17H,1,6-8H2,2-5H3. The van der Waals surface area contributed by atoms with Crippen molar-refractivity contribution in [2.45, 2.75) is 53.1 Å². The number of rotatable bonds is 2. The van der Waals surface area contributed by atoms with Gasteiger partial charge in [-0.3, -0.25) is 0 Å². The minimum atomic E-state index is -0.181. The fraction of sp³-hybridized carbons (Fsp3) is 0.842. The van der Waals surface area contributed by atoms with Gasteiger partial charge in [0.2, 0.25) is 0 Å². The molecular weight excluding hydrogens is 260 g/mol. The zero-order valence-corrected chi connectivity index (χ0v) is 13.8. The van der Waals surface area contributed by atoms with Gasteiger partial charge in [-0.05, 0) is 73.0 Å². The maximum absolute atomic E-state index is 11.9. The van der Waals surface area contributed by atoms with Crippen LogP contribution < -0.4 is 0 Å². The summed E-state index contributed by atoms with van der Waals surface area (Å²) in [5.74, 6) is 5.67. The van der Waals surface area contributed by atoms with Crippen molar-refractivity contribution in [1.82, 2.24) is 0 Å². The summed E-state index contributed by atoms with van der Waals surface area (Å²) in [5, 5.41) is 0. The van der Waals surface area contributed by atoms with Crippen LogP contribution in [0.2, 0.25) is 0 Å². The lowest BCUT2D eigenvalue weighted by molar-refractivity contribution is -0.150. The highest BCUT2D eigenvalue weighted by Gasteiger charge is 2.69. The number of hydrogen-bond donors (Lipinski definition) is 0. The number of ether oxygens (including phenoxy) is 1. The molecule has 0 aromatic rings. The monoisotopic (exact) mass is 288 g/mol. The molecule has 0 aliphatic heterocycles. The number of hydrogen-bond acceptors (Lipinski definition) is 2. The fourth-order valence-corrected chi connectivity index (χ4v) is 6.80. The lowest BCUT2D eigenvalue weighted by Crippen LogP contribution is -2.45. The Balaban J connectivity index is 1.57. The van der Waals surface area contributed by atoms with E-state index in [2.05, 4.69) is 27.4 Å². The number of fused-ring (bicyclic) bond motifs is 9. The second kappa shape index (κ2) is 4.14. The first kappa shape index (κ1) is 13.8. The Kier molecular flexibility index (Phi) is 2.73. The minimum Gasteiger partial charge on any atom is -0.459 e. The molecule has 4 rings (SSSR count). The highest BCUT2D eigenvalue weighted by atomic mass is 16.5. The Bertz CT molecular complexity index is 506. The number of carbonyl (C=O) groups is 1. The van der Waals surface area contributed by atoms with Crippen molar-refractivity contribution in [3.63, 3.8) is 0 Å². The zero-order chi connectivity index (χ0) is 15.1. The van der Waals surface area contributed by atoms with Crippen LogP contribution in [0.1, 0.15) is 47.0 Å². The molecule has 0 saturated heterocycles. The maximum atomic E-state index is 11.9.